The van der Waals surface area contributed by atoms with Crippen LogP contribution < -0.4 is 0 Å². The number of nitrogens with zero attached hydrogens (tertiary/aromatic N) is 1. The molecule has 1 saturated heterocycles. The fourth-order valence-electron chi connectivity index (χ4n) is 4.22. The van der Waals surface area contributed by atoms with Crippen LogP contribution in [0.3, 0.4) is 0 Å². The van der Waals surface area contributed by atoms with Gasteiger partial charge in [-0.05, 0) is 56.1 Å². The monoisotopic (exact) mass is 329 g/mol. The Morgan fingerprint density at radius 2 is 1.88 bits per heavy atom. The molecule has 1 saturated carbocycles. The molecule has 3 rings (SSSR count). The van der Waals surface area contributed by atoms with Gasteiger partial charge in [0.1, 0.15) is 0 Å². The van der Waals surface area contributed by atoms with E-state index in [9.17, 15) is 14.7 Å². The van der Waals surface area contributed by atoms with Crippen molar-refractivity contribution >= 4 is 11.9 Å². The largest absolute Gasteiger partial charge is 0.478 e. The summed E-state index contributed by atoms with van der Waals surface area (Å²) in [6, 6.07) is 7.28. The third kappa shape index (κ3) is 3.19. The topological polar surface area (TPSA) is 57.6 Å². The number of benzene rings is 1. The highest BCUT2D eigenvalue weighted by Crippen LogP contribution is 2.45. The van der Waals surface area contributed by atoms with Crippen LogP contribution in [0.2, 0.25) is 0 Å². The maximum Gasteiger partial charge on any atom is 0.335 e. The van der Waals surface area contributed by atoms with E-state index in [2.05, 4.69) is 11.8 Å². The van der Waals surface area contributed by atoms with Crippen molar-refractivity contribution in [3.8, 4) is 0 Å². The molecule has 1 aromatic rings. The molecular formula is C20H27NO3. The second kappa shape index (κ2) is 6.96. The molecule has 2 fully saturated rings. The zero-order valence-corrected chi connectivity index (χ0v) is 14.5. The van der Waals surface area contributed by atoms with E-state index in [0.29, 0.717) is 17.4 Å². The molecule has 1 aliphatic carbocycles. The lowest BCUT2D eigenvalue weighted by atomic mass is 9.66. The molecule has 0 aromatic heterocycles. The Bertz CT molecular complexity index is 608. The first kappa shape index (κ1) is 17.0. The maximum atomic E-state index is 12.8. The van der Waals surface area contributed by atoms with Crippen molar-refractivity contribution in [2.75, 3.05) is 13.1 Å². The van der Waals surface area contributed by atoms with Gasteiger partial charge in [-0.3, -0.25) is 4.79 Å². The minimum absolute atomic E-state index is 0.0667. The molecule has 0 spiro atoms. The molecule has 0 atom stereocenters. The molecule has 1 aromatic carbocycles. The van der Waals surface area contributed by atoms with Crippen LogP contribution >= 0.6 is 0 Å². The van der Waals surface area contributed by atoms with Crippen molar-refractivity contribution in [2.24, 2.45) is 11.3 Å². The van der Waals surface area contributed by atoms with Gasteiger partial charge in [-0.1, -0.05) is 31.5 Å². The van der Waals surface area contributed by atoms with Gasteiger partial charge in [0.2, 0.25) is 5.91 Å². The van der Waals surface area contributed by atoms with Crippen LogP contribution in [0.25, 0.3) is 0 Å². The molecule has 1 N–H and O–H groups in total. The van der Waals surface area contributed by atoms with Crippen molar-refractivity contribution in [3.05, 3.63) is 35.4 Å². The number of carboxylic acid groups (broad SMARTS) is 1. The number of likely N-dealkylation sites (tertiary alicyclic amines) is 1. The average Bonchev–Trinajstić information content (AvgIpc) is 2.55. The van der Waals surface area contributed by atoms with Crippen LogP contribution in [0.4, 0.5) is 0 Å². The van der Waals surface area contributed by atoms with E-state index in [1.54, 1.807) is 12.1 Å². The summed E-state index contributed by atoms with van der Waals surface area (Å²) in [5.74, 6) is -0.0257. The highest BCUT2D eigenvalue weighted by atomic mass is 16.4. The third-order valence-electron chi connectivity index (χ3n) is 6.10. The molecule has 4 heteroatoms. The lowest BCUT2D eigenvalue weighted by Crippen LogP contribution is -2.50. The Balaban J connectivity index is 1.58. The first-order chi connectivity index (χ1) is 11.6. The summed E-state index contributed by atoms with van der Waals surface area (Å²) in [7, 11) is 0. The van der Waals surface area contributed by atoms with Crippen LogP contribution in [0.15, 0.2) is 24.3 Å². The van der Waals surface area contributed by atoms with E-state index < -0.39 is 5.97 Å². The maximum absolute atomic E-state index is 12.8. The molecule has 0 radical (unpaired) electrons. The van der Waals surface area contributed by atoms with Crippen LogP contribution in [-0.2, 0) is 11.2 Å². The van der Waals surface area contributed by atoms with E-state index in [1.807, 2.05) is 12.1 Å². The highest BCUT2D eigenvalue weighted by Gasteiger charge is 2.45. The zero-order valence-electron chi connectivity index (χ0n) is 14.5. The lowest BCUT2D eigenvalue weighted by molar-refractivity contribution is -0.149. The number of hydrogen-bond donors (Lipinski definition) is 1. The van der Waals surface area contributed by atoms with Gasteiger partial charge in [-0.25, -0.2) is 4.79 Å². The summed E-state index contributed by atoms with van der Waals surface area (Å²) in [6.45, 7) is 3.77. The van der Waals surface area contributed by atoms with E-state index in [1.165, 1.54) is 6.42 Å². The molecule has 130 valence electrons. The van der Waals surface area contributed by atoms with E-state index in [4.69, 9.17) is 0 Å². The Labute approximate surface area is 143 Å². The van der Waals surface area contributed by atoms with Crippen molar-refractivity contribution in [1.29, 1.82) is 0 Å². The third-order valence-corrected chi connectivity index (χ3v) is 6.10. The molecule has 0 unspecified atom stereocenters. The predicted molar refractivity (Wildman–Crippen MR) is 93.0 cm³/mol. The fraction of sp³-hybridized carbons (Fsp3) is 0.600. The molecular weight excluding hydrogens is 302 g/mol. The standard InChI is InChI=1S/C20H27NO3/c1-2-20(10-5-11-20)19(24)21-12-8-15(9-13-21)14-16-6-3-4-7-17(16)18(22)23/h3-4,6-7,15H,2,5,8-14H2,1H3,(H,22,23). The van der Waals surface area contributed by atoms with Crippen LogP contribution in [0, 0.1) is 11.3 Å². The molecule has 2 aliphatic rings. The summed E-state index contributed by atoms with van der Waals surface area (Å²) in [4.78, 5) is 26.2. The van der Waals surface area contributed by atoms with Gasteiger partial charge >= 0.3 is 5.97 Å². The highest BCUT2D eigenvalue weighted by molar-refractivity contribution is 5.89. The van der Waals surface area contributed by atoms with Gasteiger partial charge in [0.15, 0.2) is 0 Å². The molecule has 4 nitrogen and oxygen atoms in total. The number of hydrogen-bond acceptors (Lipinski definition) is 2. The van der Waals surface area contributed by atoms with Gasteiger partial charge < -0.3 is 10.0 Å². The normalized spacial score (nSPS) is 20.5. The second-order valence-corrected chi connectivity index (χ2v) is 7.39. The quantitative estimate of drug-likeness (QED) is 0.895. The molecule has 1 amide bonds. The summed E-state index contributed by atoms with van der Waals surface area (Å²) >= 11 is 0. The van der Waals surface area contributed by atoms with Crippen molar-refractivity contribution < 1.29 is 14.7 Å². The lowest BCUT2D eigenvalue weighted by Gasteiger charge is -2.45. The Morgan fingerprint density at radius 1 is 1.21 bits per heavy atom. The summed E-state index contributed by atoms with van der Waals surface area (Å²) in [6.07, 6.45) is 6.98. The fourth-order valence-corrected chi connectivity index (χ4v) is 4.22. The van der Waals surface area contributed by atoms with E-state index in [-0.39, 0.29) is 5.41 Å². The number of piperidine rings is 1. The summed E-state index contributed by atoms with van der Waals surface area (Å²) in [5.41, 5.74) is 1.26. The Kier molecular flexibility index (Phi) is 4.93. The SMILES string of the molecule is CCC1(C(=O)N2CCC(Cc3ccccc3C(=O)O)CC2)CCC1. The van der Waals surface area contributed by atoms with E-state index >= 15 is 0 Å². The second-order valence-electron chi connectivity index (χ2n) is 7.39. The van der Waals surface area contributed by atoms with Crippen LogP contribution in [-0.4, -0.2) is 35.0 Å². The molecule has 1 aliphatic heterocycles. The number of carbonyl (C=O) groups is 2. The number of rotatable bonds is 5. The number of carboxylic acids is 1. The molecule has 24 heavy (non-hydrogen) atoms. The molecule has 0 bridgehead atoms. The van der Waals surface area contributed by atoms with Gasteiger partial charge in [0.05, 0.1) is 5.56 Å². The van der Waals surface area contributed by atoms with Gasteiger partial charge in [0.25, 0.3) is 0 Å². The zero-order chi connectivity index (χ0) is 17.2. The first-order valence-corrected chi connectivity index (χ1v) is 9.16. The first-order valence-electron chi connectivity index (χ1n) is 9.16. The average molecular weight is 329 g/mol. The van der Waals surface area contributed by atoms with Crippen molar-refractivity contribution in [1.82, 2.24) is 4.90 Å². The minimum atomic E-state index is -0.854. The van der Waals surface area contributed by atoms with Crippen molar-refractivity contribution in [2.45, 2.75) is 51.9 Å². The smallest absolute Gasteiger partial charge is 0.335 e. The van der Waals surface area contributed by atoms with Crippen LogP contribution in [0.5, 0.6) is 0 Å². The predicted octanol–water partition coefficient (Wildman–Crippen LogP) is 3.75. The van der Waals surface area contributed by atoms with E-state index in [0.717, 1.165) is 57.2 Å². The van der Waals surface area contributed by atoms with Crippen LogP contribution in [0.1, 0.15) is 61.4 Å². The Hall–Kier alpha value is -1.84. The Morgan fingerprint density at radius 3 is 2.42 bits per heavy atom. The minimum Gasteiger partial charge on any atom is -0.478 e. The summed E-state index contributed by atoms with van der Waals surface area (Å²) < 4.78 is 0. The summed E-state index contributed by atoms with van der Waals surface area (Å²) in [5, 5.41) is 9.31. The van der Waals surface area contributed by atoms with Gasteiger partial charge in [-0.2, -0.15) is 0 Å². The van der Waals surface area contributed by atoms with Gasteiger partial charge in [0, 0.05) is 18.5 Å². The molecule has 1 heterocycles. The number of carbonyl (C=O) groups excluding carboxylic acids is 1. The number of amides is 1. The number of aromatic carboxylic acids is 1. The van der Waals surface area contributed by atoms with Gasteiger partial charge in [-0.15, -0.1) is 0 Å². The van der Waals surface area contributed by atoms with Crippen molar-refractivity contribution in [3.63, 3.8) is 0 Å².